The Morgan fingerprint density at radius 2 is 2.03 bits per heavy atom. The number of aliphatic hydroxyl groups excluding tert-OH is 1. The Hall–Kier alpha value is -2.75. The topological polar surface area (TPSA) is 128 Å². The molecule has 0 saturated carbocycles. The zero-order valence-electron chi connectivity index (χ0n) is 18.4. The van der Waals surface area contributed by atoms with Gasteiger partial charge in [0, 0.05) is 55.9 Å². The number of aromatic amines is 1. The summed E-state index contributed by atoms with van der Waals surface area (Å²) >= 11 is 0. The normalized spacial score (nSPS) is 23.2. The van der Waals surface area contributed by atoms with Gasteiger partial charge < -0.3 is 20.3 Å². The Balaban J connectivity index is 0.000000913. The van der Waals surface area contributed by atoms with Crippen molar-refractivity contribution in [3.05, 3.63) is 41.6 Å². The van der Waals surface area contributed by atoms with E-state index in [-0.39, 0.29) is 24.5 Å². The highest BCUT2D eigenvalue weighted by Gasteiger charge is 2.35. The van der Waals surface area contributed by atoms with Gasteiger partial charge in [0.05, 0.1) is 17.8 Å². The summed E-state index contributed by atoms with van der Waals surface area (Å²) in [6.07, 6.45) is 1.93. The van der Waals surface area contributed by atoms with E-state index in [1.165, 1.54) is 11.3 Å². The number of hydrogen-bond donors (Lipinski definition) is 4. The molecule has 2 aliphatic heterocycles. The average molecular weight is 445 g/mol. The number of hydrogen-bond acceptors (Lipinski definition) is 6. The number of nitrogens with zero attached hydrogens (tertiary/aromatic N) is 2. The fourth-order valence-corrected chi connectivity index (χ4v) is 4.30. The number of carbonyl (C=O) groups excluding carboxylic acids is 1. The molecule has 1 fully saturated rings. The van der Waals surface area contributed by atoms with Crippen molar-refractivity contribution in [1.82, 2.24) is 20.4 Å². The molecule has 2 aliphatic rings. The molecular formula is C23H32N4O5. The van der Waals surface area contributed by atoms with Gasteiger partial charge >= 0.3 is 0 Å². The Kier molecular flexibility index (Phi) is 8.78. The van der Waals surface area contributed by atoms with Crippen molar-refractivity contribution >= 4 is 12.4 Å². The quantitative estimate of drug-likeness (QED) is 0.511. The van der Waals surface area contributed by atoms with Gasteiger partial charge in [-0.3, -0.25) is 19.6 Å². The third-order valence-electron chi connectivity index (χ3n) is 6.02. The Bertz CT molecular complexity index is 873. The second-order valence-corrected chi connectivity index (χ2v) is 8.02. The summed E-state index contributed by atoms with van der Waals surface area (Å²) in [7, 11) is 0. The fraction of sp³-hybridized carbons (Fsp3) is 0.522. The van der Waals surface area contributed by atoms with Crippen LogP contribution in [-0.4, -0.2) is 82.2 Å². The van der Waals surface area contributed by atoms with Crippen LogP contribution in [0.5, 0.6) is 0 Å². The van der Waals surface area contributed by atoms with E-state index in [9.17, 15) is 9.90 Å². The predicted octanol–water partition coefficient (Wildman–Crippen LogP) is 1.22. The minimum absolute atomic E-state index is 0.0242. The molecule has 4 rings (SSSR count). The lowest BCUT2D eigenvalue weighted by atomic mass is 9.98. The highest BCUT2D eigenvalue weighted by Crippen LogP contribution is 2.27. The van der Waals surface area contributed by atoms with Gasteiger partial charge in [0.15, 0.2) is 0 Å². The number of aromatic nitrogens is 2. The first-order valence-corrected chi connectivity index (χ1v) is 11.1. The molecule has 9 nitrogen and oxygen atoms in total. The summed E-state index contributed by atoms with van der Waals surface area (Å²) in [6, 6.07) is 10.0. The van der Waals surface area contributed by atoms with Crippen molar-refractivity contribution < 1.29 is 24.5 Å². The zero-order chi connectivity index (χ0) is 22.9. The van der Waals surface area contributed by atoms with Gasteiger partial charge in [-0.25, -0.2) is 0 Å². The lowest BCUT2D eigenvalue weighted by Crippen LogP contribution is -2.56. The number of carbonyl (C=O) groups is 2. The van der Waals surface area contributed by atoms with Crippen molar-refractivity contribution in [2.75, 3.05) is 26.2 Å². The molecule has 0 unspecified atom stereocenters. The van der Waals surface area contributed by atoms with Crippen molar-refractivity contribution in [2.45, 2.75) is 50.9 Å². The van der Waals surface area contributed by atoms with Gasteiger partial charge in [-0.15, -0.1) is 0 Å². The molecule has 0 aliphatic carbocycles. The molecule has 0 bridgehead atoms. The Labute approximate surface area is 187 Å². The standard InChI is InChI=1S/C22H30N4O3.CH2O2/c1-2-20(27)23-18-10-13-29-19(22(18)28)14-26-11-8-16-17(9-12-26)24-25-21(16)15-6-4-3-5-7-15;2-1-3/h3-7,18-19,22,28H,2,8-14H2,1H3,(H,23,27)(H,24,25);1H,(H,2,3)/t18-,19+,22-;/m0./s1. The molecule has 1 saturated heterocycles. The van der Waals surface area contributed by atoms with Crippen molar-refractivity contribution in [3.8, 4) is 11.3 Å². The number of fused-ring (bicyclic) bond motifs is 1. The summed E-state index contributed by atoms with van der Waals surface area (Å²) < 4.78 is 5.87. The summed E-state index contributed by atoms with van der Waals surface area (Å²) in [5, 5.41) is 28.3. The molecule has 3 heterocycles. The van der Waals surface area contributed by atoms with Crippen molar-refractivity contribution in [3.63, 3.8) is 0 Å². The first-order valence-electron chi connectivity index (χ1n) is 11.1. The van der Waals surface area contributed by atoms with Crippen LogP contribution >= 0.6 is 0 Å². The third-order valence-corrected chi connectivity index (χ3v) is 6.02. The molecule has 174 valence electrons. The summed E-state index contributed by atoms with van der Waals surface area (Å²) in [5.41, 5.74) is 4.67. The van der Waals surface area contributed by atoms with E-state index in [1.807, 2.05) is 25.1 Å². The number of aliphatic hydroxyl groups is 1. The first-order chi connectivity index (χ1) is 15.6. The molecule has 32 heavy (non-hydrogen) atoms. The van der Waals surface area contributed by atoms with Crippen LogP contribution < -0.4 is 5.32 Å². The lowest BCUT2D eigenvalue weighted by molar-refractivity contribution is -0.129. The highest BCUT2D eigenvalue weighted by atomic mass is 16.5. The number of nitrogens with one attached hydrogen (secondary N) is 2. The Morgan fingerprint density at radius 1 is 1.31 bits per heavy atom. The molecule has 3 atom stereocenters. The summed E-state index contributed by atoms with van der Waals surface area (Å²) in [6.45, 7) is 4.58. The second kappa shape index (κ2) is 11.8. The number of ether oxygens (including phenoxy) is 1. The zero-order valence-corrected chi connectivity index (χ0v) is 18.4. The van der Waals surface area contributed by atoms with Crippen LogP contribution in [0.4, 0.5) is 0 Å². The van der Waals surface area contributed by atoms with Gasteiger partial charge in [-0.05, 0) is 12.8 Å². The van der Waals surface area contributed by atoms with Gasteiger partial charge in [-0.1, -0.05) is 37.3 Å². The van der Waals surface area contributed by atoms with Crippen LogP contribution in [0.25, 0.3) is 11.3 Å². The summed E-state index contributed by atoms with van der Waals surface area (Å²) in [4.78, 5) is 22.4. The minimum atomic E-state index is -0.679. The average Bonchev–Trinajstić information content (AvgIpc) is 3.11. The number of rotatable bonds is 5. The van der Waals surface area contributed by atoms with Gasteiger partial charge in [0.1, 0.15) is 6.10 Å². The monoisotopic (exact) mass is 444 g/mol. The number of amides is 1. The summed E-state index contributed by atoms with van der Waals surface area (Å²) in [5.74, 6) is -0.0242. The molecule has 1 amide bonds. The molecular weight excluding hydrogens is 412 g/mol. The molecule has 9 heteroatoms. The first kappa shape index (κ1) is 23.9. The smallest absolute Gasteiger partial charge is 0.290 e. The molecule has 4 N–H and O–H groups in total. The molecule has 2 aromatic rings. The van der Waals surface area contributed by atoms with Crippen molar-refractivity contribution in [2.24, 2.45) is 0 Å². The number of H-pyrrole nitrogens is 1. The molecule has 0 radical (unpaired) electrons. The van der Waals surface area contributed by atoms with Crippen LogP contribution in [0, 0.1) is 0 Å². The van der Waals surface area contributed by atoms with Crippen LogP contribution in [-0.2, 0) is 27.2 Å². The van der Waals surface area contributed by atoms with E-state index in [2.05, 4.69) is 32.5 Å². The SMILES string of the molecule is CCC(=O)N[C@H]1CCO[C@H](CN2CCc3[nH]nc(-c4ccccc4)c3CC2)[C@H]1O.O=CO. The minimum Gasteiger partial charge on any atom is -0.483 e. The highest BCUT2D eigenvalue weighted by molar-refractivity contribution is 5.75. The Morgan fingerprint density at radius 3 is 2.75 bits per heavy atom. The predicted molar refractivity (Wildman–Crippen MR) is 119 cm³/mol. The van der Waals surface area contributed by atoms with Crippen LogP contribution in [0.2, 0.25) is 0 Å². The van der Waals surface area contributed by atoms with Gasteiger partial charge in [0.2, 0.25) is 5.91 Å². The maximum absolute atomic E-state index is 11.7. The van der Waals surface area contributed by atoms with Crippen molar-refractivity contribution in [1.29, 1.82) is 0 Å². The third kappa shape index (κ3) is 5.93. The lowest BCUT2D eigenvalue weighted by Gasteiger charge is -2.37. The molecule has 1 aromatic heterocycles. The van der Waals surface area contributed by atoms with E-state index in [1.54, 1.807) is 0 Å². The van der Waals surface area contributed by atoms with Crippen LogP contribution in [0.1, 0.15) is 31.0 Å². The van der Waals surface area contributed by atoms with Crippen LogP contribution in [0.15, 0.2) is 30.3 Å². The number of carboxylic acid groups (broad SMARTS) is 1. The second-order valence-electron chi connectivity index (χ2n) is 8.02. The van der Waals surface area contributed by atoms with E-state index in [0.717, 1.165) is 37.2 Å². The maximum atomic E-state index is 11.7. The molecule has 0 spiro atoms. The van der Waals surface area contributed by atoms with Gasteiger partial charge in [0.25, 0.3) is 6.47 Å². The number of benzene rings is 1. The maximum Gasteiger partial charge on any atom is 0.290 e. The largest absolute Gasteiger partial charge is 0.483 e. The van der Waals surface area contributed by atoms with E-state index < -0.39 is 6.10 Å². The van der Waals surface area contributed by atoms with E-state index in [4.69, 9.17) is 14.6 Å². The van der Waals surface area contributed by atoms with E-state index >= 15 is 0 Å². The molecule has 1 aromatic carbocycles. The van der Waals surface area contributed by atoms with Gasteiger partial charge in [-0.2, -0.15) is 5.10 Å². The van der Waals surface area contributed by atoms with Crippen LogP contribution in [0.3, 0.4) is 0 Å². The van der Waals surface area contributed by atoms with E-state index in [0.29, 0.717) is 26.0 Å². The fourth-order valence-electron chi connectivity index (χ4n) is 4.30.